The van der Waals surface area contributed by atoms with Crippen molar-refractivity contribution in [2.24, 2.45) is 4.99 Å². The van der Waals surface area contributed by atoms with Gasteiger partial charge in [-0.25, -0.2) is 0 Å². The van der Waals surface area contributed by atoms with Gasteiger partial charge in [-0.05, 0) is 37.8 Å². The lowest BCUT2D eigenvalue weighted by molar-refractivity contribution is -0.384. The van der Waals surface area contributed by atoms with E-state index in [-0.39, 0.29) is 10.6 Å². The molecule has 27 heavy (non-hydrogen) atoms. The van der Waals surface area contributed by atoms with Crippen molar-refractivity contribution in [3.8, 4) is 0 Å². The van der Waals surface area contributed by atoms with Gasteiger partial charge in [0.05, 0.1) is 4.92 Å². The maximum absolute atomic E-state index is 10.9. The van der Waals surface area contributed by atoms with E-state index < -0.39 is 0 Å². The number of hydrogen-bond donors (Lipinski definition) is 2. The van der Waals surface area contributed by atoms with Crippen molar-refractivity contribution in [3.63, 3.8) is 0 Å². The van der Waals surface area contributed by atoms with Crippen LogP contribution in [0.25, 0.3) is 0 Å². The van der Waals surface area contributed by atoms with Gasteiger partial charge in [0.25, 0.3) is 5.69 Å². The molecule has 0 aromatic heterocycles. The molecule has 1 aliphatic carbocycles. The largest absolute Gasteiger partial charge is 0.352 e. The van der Waals surface area contributed by atoms with E-state index in [1.165, 1.54) is 51.1 Å². The fraction of sp³-hybridized carbons (Fsp3) is 0.650. The van der Waals surface area contributed by atoms with Crippen LogP contribution < -0.4 is 10.6 Å². The second kappa shape index (κ2) is 9.69. The number of non-ortho nitro benzene ring substituents is 1. The first-order chi connectivity index (χ1) is 13.2. The molecule has 7 nitrogen and oxygen atoms in total. The number of nitrogens with one attached hydrogen (secondary N) is 2. The molecule has 1 aliphatic heterocycles. The smallest absolute Gasteiger partial charge is 0.269 e. The van der Waals surface area contributed by atoms with Crippen molar-refractivity contribution in [1.29, 1.82) is 0 Å². The van der Waals surface area contributed by atoms with Crippen LogP contribution in [0.15, 0.2) is 29.3 Å². The van der Waals surface area contributed by atoms with Crippen LogP contribution in [0.2, 0.25) is 0 Å². The highest BCUT2D eigenvalue weighted by Crippen LogP contribution is 2.25. The summed E-state index contributed by atoms with van der Waals surface area (Å²) in [6, 6.07) is 7.87. The van der Waals surface area contributed by atoms with Crippen molar-refractivity contribution in [2.75, 3.05) is 20.1 Å². The summed E-state index contributed by atoms with van der Waals surface area (Å²) in [6.07, 6.45) is 9.17. The van der Waals surface area contributed by atoms with Gasteiger partial charge in [0.1, 0.15) is 0 Å². The molecule has 2 fully saturated rings. The summed E-state index contributed by atoms with van der Waals surface area (Å²) in [7, 11) is 1.77. The molecule has 1 heterocycles. The summed E-state index contributed by atoms with van der Waals surface area (Å²) in [5.74, 6) is 0.761. The van der Waals surface area contributed by atoms with Gasteiger partial charge in [0, 0.05) is 44.4 Å². The minimum atomic E-state index is -0.363. The van der Waals surface area contributed by atoms with Crippen molar-refractivity contribution < 1.29 is 4.92 Å². The van der Waals surface area contributed by atoms with E-state index in [1.807, 2.05) is 6.07 Å². The fourth-order valence-electron chi connectivity index (χ4n) is 4.26. The monoisotopic (exact) mass is 373 g/mol. The fourth-order valence-corrected chi connectivity index (χ4v) is 4.26. The van der Waals surface area contributed by atoms with Crippen LogP contribution in [-0.4, -0.2) is 48.0 Å². The molecule has 1 saturated heterocycles. The third-order valence-corrected chi connectivity index (χ3v) is 5.69. The van der Waals surface area contributed by atoms with Gasteiger partial charge in [-0.15, -0.1) is 0 Å². The first-order valence-electron chi connectivity index (χ1n) is 10.1. The Morgan fingerprint density at radius 3 is 2.81 bits per heavy atom. The predicted molar refractivity (Wildman–Crippen MR) is 108 cm³/mol. The number of nitro benzene ring substituents is 1. The molecule has 0 radical (unpaired) electrons. The SMILES string of the molecule is CN=C(NCc1cccc([N+](=O)[O-])c1)NC1CCCN(C2CCCCC2)C1. The quantitative estimate of drug-likeness (QED) is 0.359. The minimum absolute atomic E-state index is 0.118. The number of nitro groups is 1. The summed E-state index contributed by atoms with van der Waals surface area (Å²) in [5, 5.41) is 17.8. The summed E-state index contributed by atoms with van der Waals surface area (Å²) < 4.78 is 0. The number of likely N-dealkylation sites (tertiary alicyclic amines) is 1. The van der Waals surface area contributed by atoms with Gasteiger partial charge in [-0.2, -0.15) is 0 Å². The van der Waals surface area contributed by atoms with Gasteiger partial charge in [-0.3, -0.25) is 20.0 Å². The van der Waals surface area contributed by atoms with Gasteiger partial charge in [0.15, 0.2) is 5.96 Å². The van der Waals surface area contributed by atoms with E-state index in [9.17, 15) is 10.1 Å². The standard InChI is InChI=1S/C20H31N5O2/c1-21-20(22-14-16-7-5-11-19(13-16)25(26)27)23-17-8-6-12-24(15-17)18-9-3-2-4-10-18/h5,7,11,13,17-18H,2-4,6,8-10,12,14-15H2,1H3,(H2,21,22,23). The highest BCUT2D eigenvalue weighted by Gasteiger charge is 2.27. The Hall–Kier alpha value is -2.15. The Labute approximate surface area is 161 Å². The molecule has 148 valence electrons. The first-order valence-corrected chi connectivity index (χ1v) is 10.1. The molecular formula is C20H31N5O2. The molecule has 0 bridgehead atoms. The molecule has 2 aliphatic rings. The zero-order valence-electron chi connectivity index (χ0n) is 16.2. The number of rotatable bonds is 5. The summed E-state index contributed by atoms with van der Waals surface area (Å²) in [6.45, 7) is 2.80. The minimum Gasteiger partial charge on any atom is -0.352 e. The molecule has 1 aromatic rings. The number of nitrogens with zero attached hydrogens (tertiary/aromatic N) is 3. The Balaban J connectivity index is 1.50. The van der Waals surface area contributed by atoms with Gasteiger partial charge >= 0.3 is 0 Å². The Morgan fingerprint density at radius 1 is 1.26 bits per heavy atom. The second-order valence-corrected chi connectivity index (χ2v) is 7.62. The summed E-state index contributed by atoms with van der Waals surface area (Å²) in [4.78, 5) is 17.5. The second-order valence-electron chi connectivity index (χ2n) is 7.62. The molecule has 1 aromatic carbocycles. The molecule has 1 unspecified atom stereocenters. The maximum atomic E-state index is 10.9. The van der Waals surface area contributed by atoms with Crippen LogP contribution in [0.1, 0.15) is 50.5 Å². The lowest BCUT2D eigenvalue weighted by Crippen LogP contribution is -2.53. The topological polar surface area (TPSA) is 82.8 Å². The third-order valence-electron chi connectivity index (χ3n) is 5.69. The molecular weight excluding hydrogens is 342 g/mol. The molecule has 0 amide bonds. The van der Waals surface area contributed by atoms with Crippen molar-refractivity contribution in [3.05, 3.63) is 39.9 Å². The first kappa shape index (κ1) is 19.6. The normalized spacial score (nSPS) is 22.4. The zero-order chi connectivity index (χ0) is 19.1. The van der Waals surface area contributed by atoms with Crippen LogP contribution in [-0.2, 0) is 6.54 Å². The summed E-state index contributed by atoms with van der Waals surface area (Å²) in [5.41, 5.74) is 0.993. The van der Waals surface area contributed by atoms with Crippen molar-refractivity contribution in [2.45, 2.75) is 63.6 Å². The predicted octanol–water partition coefficient (Wildman–Crippen LogP) is 3.06. The van der Waals surface area contributed by atoms with Crippen LogP contribution in [0.3, 0.4) is 0 Å². The van der Waals surface area contributed by atoms with Gasteiger partial charge in [-0.1, -0.05) is 31.4 Å². The van der Waals surface area contributed by atoms with Crippen molar-refractivity contribution >= 4 is 11.6 Å². The summed E-state index contributed by atoms with van der Waals surface area (Å²) >= 11 is 0. The van der Waals surface area contributed by atoms with E-state index >= 15 is 0 Å². The van der Waals surface area contributed by atoms with Crippen molar-refractivity contribution in [1.82, 2.24) is 15.5 Å². The number of hydrogen-bond acceptors (Lipinski definition) is 4. The average molecular weight is 374 g/mol. The van der Waals surface area contributed by atoms with E-state index in [1.54, 1.807) is 19.2 Å². The number of guanidine groups is 1. The zero-order valence-corrected chi connectivity index (χ0v) is 16.2. The average Bonchev–Trinajstić information content (AvgIpc) is 2.72. The van der Waals surface area contributed by atoms with E-state index in [0.717, 1.165) is 30.5 Å². The molecule has 3 rings (SSSR count). The molecule has 1 atom stereocenters. The Kier molecular flexibility index (Phi) is 7.04. The molecule has 0 spiro atoms. The molecule has 1 saturated carbocycles. The molecule has 7 heteroatoms. The van der Waals surface area contributed by atoms with E-state index in [0.29, 0.717) is 12.6 Å². The van der Waals surface area contributed by atoms with Gasteiger partial charge < -0.3 is 10.6 Å². The highest BCUT2D eigenvalue weighted by molar-refractivity contribution is 5.80. The Morgan fingerprint density at radius 2 is 2.07 bits per heavy atom. The highest BCUT2D eigenvalue weighted by atomic mass is 16.6. The van der Waals surface area contributed by atoms with E-state index in [4.69, 9.17) is 0 Å². The van der Waals surface area contributed by atoms with Crippen LogP contribution >= 0.6 is 0 Å². The van der Waals surface area contributed by atoms with Crippen LogP contribution in [0.4, 0.5) is 5.69 Å². The number of piperidine rings is 1. The Bertz CT molecular complexity index is 658. The van der Waals surface area contributed by atoms with Crippen LogP contribution in [0.5, 0.6) is 0 Å². The number of aliphatic imine (C=N–C) groups is 1. The lowest BCUT2D eigenvalue weighted by atomic mass is 9.92. The maximum Gasteiger partial charge on any atom is 0.269 e. The molecule has 2 N–H and O–H groups in total. The van der Waals surface area contributed by atoms with Gasteiger partial charge in [0.2, 0.25) is 0 Å². The van der Waals surface area contributed by atoms with E-state index in [2.05, 4.69) is 20.5 Å². The lowest BCUT2D eigenvalue weighted by Gasteiger charge is -2.40. The van der Waals surface area contributed by atoms with Crippen LogP contribution in [0, 0.1) is 10.1 Å². The third kappa shape index (κ3) is 5.66. The number of benzene rings is 1.